The molecule has 0 spiro atoms. The van der Waals surface area contributed by atoms with Crippen LogP contribution >= 0.6 is 0 Å². The number of benzene rings is 2. The van der Waals surface area contributed by atoms with E-state index in [4.69, 9.17) is 5.73 Å². The van der Waals surface area contributed by atoms with Crippen LogP contribution in [0.5, 0.6) is 0 Å². The predicted octanol–water partition coefficient (Wildman–Crippen LogP) is 3.54. The van der Waals surface area contributed by atoms with Crippen LogP contribution in [-0.4, -0.2) is 14.8 Å². The van der Waals surface area contributed by atoms with E-state index >= 15 is 0 Å². The van der Waals surface area contributed by atoms with Crippen molar-refractivity contribution in [3.05, 3.63) is 60.4 Å². The Morgan fingerprint density at radius 3 is 2.41 bits per heavy atom. The molecule has 0 aliphatic rings. The molecule has 0 bridgehead atoms. The number of nitrogens with two attached hydrogens (primary N) is 1. The van der Waals surface area contributed by atoms with Gasteiger partial charge in [0.25, 0.3) is 0 Å². The van der Waals surface area contributed by atoms with Crippen LogP contribution in [0.15, 0.2) is 54.9 Å². The highest BCUT2D eigenvalue weighted by Gasteiger charge is 2.30. The molecule has 0 saturated heterocycles. The van der Waals surface area contributed by atoms with Crippen molar-refractivity contribution in [1.29, 1.82) is 0 Å². The van der Waals surface area contributed by atoms with Crippen LogP contribution in [0.2, 0.25) is 0 Å². The number of rotatable bonds is 2. The molecular weight excluding hydrogens is 293 g/mol. The van der Waals surface area contributed by atoms with E-state index in [-0.39, 0.29) is 0 Å². The van der Waals surface area contributed by atoms with E-state index in [9.17, 15) is 13.2 Å². The van der Waals surface area contributed by atoms with Gasteiger partial charge in [0.2, 0.25) is 0 Å². The van der Waals surface area contributed by atoms with Gasteiger partial charge in [-0.05, 0) is 42.5 Å². The van der Waals surface area contributed by atoms with Crippen molar-refractivity contribution < 1.29 is 13.2 Å². The van der Waals surface area contributed by atoms with Crippen molar-refractivity contribution in [1.82, 2.24) is 14.8 Å². The lowest BCUT2D eigenvalue weighted by atomic mass is 10.2. The van der Waals surface area contributed by atoms with Crippen LogP contribution in [-0.2, 0) is 6.18 Å². The Labute approximate surface area is 124 Å². The third kappa shape index (κ3) is 2.78. The lowest BCUT2D eigenvalue weighted by Crippen LogP contribution is -2.06. The summed E-state index contributed by atoms with van der Waals surface area (Å²) in [5.41, 5.74) is 6.52. The second-order valence-electron chi connectivity index (χ2n) is 4.68. The van der Waals surface area contributed by atoms with Gasteiger partial charge in [-0.25, -0.2) is 9.67 Å². The minimum atomic E-state index is -4.39. The average Bonchev–Trinajstić information content (AvgIpc) is 2.97. The lowest BCUT2D eigenvalue weighted by Gasteiger charge is -2.08. The molecule has 4 nitrogen and oxygen atoms in total. The zero-order chi connectivity index (χ0) is 15.7. The zero-order valence-electron chi connectivity index (χ0n) is 11.2. The van der Waals surface area contributed by atoms with Crippen molar-refractivity contribution in [2.24, 2.45) is 0 Å². The van der Waals surface area contributed by atoms with Gasteiger partial charge in [-0.3, -0.25) is 0 Å². The number of alkyl halides is 3. The maximum absolute atomic E-state index is 12.7. The molecule has 3 rings (SSSR count). The molecule has 0 aliphatic heterocycles. The van der Waals surface area contributed by atoms with E-state index in [1.54, 1.807) is 24.3 Å². The summed E-state index contributed by atoms with van der Waals surface area (Å²) in [5, 5.41) is 4.20. The summed E-state index contributed by atoms with van der Waals surface area (Å²) in [6.07, 6.45) is -3.02. The standard InChI is InChI=1S/C15H11F3N4/c16-15(17,18)11-2-1-3-13(8-11)22-9-20-14(21-22)10-4-6-12(19)7-5-10/h1-9H,19H2. The van der Waals surface area contributed by atoms with E-state index in [1.807, 2.05) is 0 Å². The molecule has 0 fully saturated rings. The fourth-order valence-electron chi connectivity index (χ4n) is 1.98. The highest BCUT2D eigenvalue weighted by atomic mass is 19.4. The van der Waals surface area contributed by atoms with Crippen LogP contribution in [0.25, 0.3) is 17.1 Å². The molecule has 1 aromatic heterocycles. The molecule has 0 amide bonds. The van der Waals surface area contributed by atoms with Gasteiger partial charge in [0.1, 0.15) is 6.33 Å². The van der Waals surface area contributed by atoms with Crippen LogP contribution in [0.1, 0.15) is 5.56 Å². The SMILES string of the molecule is Nc1ccc(-c2ncn(-c3cccc(C(F)(F)F)c3)n2)cc1. The summed E-state index contributed by atoms with van der Waals surface area (Å²) in [6, 6.07) is 11.8. The van der Waals surface area contributed by atoms with Gasteiger partial charge >= 0.3 is 6.18 Å². The van der Waals surface area contributed by atoms with Gasteiger partial charge in [-0.15, -0.1) is 5.10 Å². The first-order valence-electron chi connectivity index (χ1n) is 6.39. The number of hydrogen-bond donors (Lipinski definition) is 1. The van der Waals surface area contributed by atoms with Gasteiger partial charge in [0, 0.05) is 11.3 Å². The number of halogens is 3. The third-order valence-electron chi connectivity index (χ3n) is 3.10. The molecule has 0 radical (unpaired) electrons. The van der Waals surface area contributed by atoms with Crippen molar-refractivity contribution in [2.45, 2.75) is 6.18 Å². The Kier molecular flexibility index (Phi) is 3.32. The number of hydrogen-bond acceptors (Lipinski definition) is 3. The topological polar surface area (TPSA) is 56.7 Å². The van der Waals surface area contributed by atoms with Crippen LogP contribution < -0.4 is 5.73 Å². The Morgan fingerprint density at radius 1 is 1.00 bits per heavy atom. The summed E-state index contributed by atoms with van der Waals surface area (Å²) >= 11 is 0. The normalized spacial score (nSPS) is 11.6. The highest BCUT2D eigenvalue weighted by molar-refractivity contribution is 5.58. The molecule has 0 atom stereocenters. The highest BCUT2D eigenvalue weighted by Crippen LogP contribution is 2.30. The number of nitrogen functional groups attached to an aromatic ring is 1. The molecular formula is C15H11F3N4. The van der Waals surface area contributed by atoms with Crippen LogP contribution in [0.4, 0.5) is 18.9 Å². The smallest absolute Gasteiger partial charge is 0.399 e. The molecule has 3 aromatic rings. The molecule has 7 heteroatoms. The zero-order valence-corrected chi connectivity index (χ0v) is 11.2. The van der Waals surface area contributed by atoms with Crippen LogP contribution in [0.3, 0.4) is 0 Å². The van der Waals surface area contributed by atoms with Gasteiger partial charge in [-0.1, -0.05) is 6.07 Å². The first kappa shape index (κ1) is 14.1. The number of anilines is 1. The van der Waals surface area contributed by atoms with Crippen molar-refractivity contribution in [2.75, 3.05) is 5.73 Å². The van der Waals surface area contributed by atoms with Gasteiger partial charge in [0.15, 0.2) is 5.82 Å². The number of aromatic nitrogens is 3. The maximum atomic E-state index is 12.7. The molecule has 2 N–H and O–H groups in total. The number of nitrogens with zero attached hydrogens (tertiary/aromatic N) is 3. The summed E-state index contributed by atoms with van der Waals surface area (Å²) < 4.78 is 39.5. The van der Waals surface area contributed by atoms with Gasteiger partial charge in [0.05, 0.1) is 11.3 Å². The predicted molar refractivity (Wildman–Crippen MR) is 76.2 cm³/mol. The molecule has 2 aromatic carbocycles. The van der Waals surface area contributed by atoms with Crippen molar-refractivity contribution in [3.63, 3.8) is 0 Å². The Morgan fingerprint density at radius 2 is 1.73 bits per heavy atom. The van der Waals surface area contributed by atoms with Gasteiger partial charge < -0.3 is 5.73 Å². The molecule has 0 unspecified atom stereocenters. The van der Waals surface area contributed by atoms with E-state index in [2.05, 4.69) is 10.1 Å². The Bertz CT molecular complexity index is 791. The summed E-state index contributed by atoms with van der Waals surface area (Å²) in [7, 11) is 0. The molecule has 0 aliphatic carbocycles. The van der Waals surface area contributed by atoms with E-state index in [0.717, 1.165) is 17.7 Å². The average molecular weight is 304 g/mol. The second kappa shape index (κ2) is 5.18. The first-order chi connectivity index (χ1) is 10.4. The van der Waals surface area contributed by atoms with E-state index in [0.29, 0.717) is 17.2 Å². The summed E-state index contributed by atoms with van der Waals surface area (Å²) in [6.45, 7) is 0. The molecule has 1 heterocycles. The molecule has 112 valence electrons. The third-order valence-corrected chi connectivity index (χ3v) is 3.10. The molecule has 22 heavy (non-hydrogen) atoms. The Hall–Kier alpha value is -2.83. The van der Waals surface area contributed by atoms with Crippen molar-refractivity contribution in [3.8, 4) is 17.1 Å². The summed E-state index contributed by atoms with van der Waals surface area (Å²) in [5.74, 6) is 0.414. The quantitative estimate of drug-likeness (QED) is 0.737. The fraction of sp³-hybridized carbons (Fsp3) is 0.0667. The maximum Gasteiger partial charge on any atom is 0.416 e. The van der Waals surface area contributed by atoms with Gasteiger partial charge in [-0.2, -0.15) is 13.2 Å². The molecule has 0 saturated carbocycles. The fourth-order valence-corrected chi connectivity index (χ4v) is 1.98. The lowest BCUT2D eigenvalue weighted by molar-refractivity contribution is -0.137. The minimum Gasteiger partial charge on any atom is -0.399 e. The summed E-state index contributed by atoms with van der Waals surface area (Å²) in [4.78, 5) is 4.11. The van der Waals surface area contributed by atoms with Crippen LogP contribution in [0, 0.1) is 0 Å². The largest absolute Gasteiger partial charge is 0.416 e. The van der Waals surface area contributed by atoms with Crippen molar-refractivity contribution >= 4 is 5.69 Å². The second-order valence-corrected chi connectivity index (χ2v) is 4.68. The first-order valence-corrected chi connectivity index (χ1v) is 6.39. The minimum absolute atomic E-state index is 0.295. The monoisotopic (exact) mass is 304 g/mol. The van der Waals surface area contributed by atoms with E-state index in [1.165, 1.54) is 23.1 Å². The Balaban J connectivity index is 1.96. The van der Waals surface area contributed by atoms with E-state index < -0.39 is 11.7 Å².